The van der Waals surface area contributed by atoms with Crippen LogP contribution in [0.5, 0.6) is 0 Å². The van der Waals surface area contributed by atoms with Crippen LogP contribution < -0.4 is 0 Å². The molecular weight excluding hydrogens is 614 g/mol. The zero-order valence-corrected chi connectivity index (χ0v) is 30.0. The van der Waals surface area contributed by atoms with Gasteiger partial charge in [-0.2, -0.15) is 0 Å². The molecule has 0 spiro atoms. The molecule has 5 nitrogen and oxygen atoms in total. The highest BCUT2D eigenvalue weighted by molar-refractivity contribution is 8.13. The molecule has 0 amide bonds. The fourth-order valence-electron chi connectivity index (χ4n) is 6.28. The van der Waals surface area contributed by atoms with Gasteiger partial charge in [-0.1, -0.05) is 87.3 Å². The lowest BCUT2D eigenvalue weighted by Crippen LogP contribution is -2.47. The standard InChI is InChI=1S/C37H46ClN5S2/c1-8-26-19-42(20-26)18-24(4)36(44-6)40-32(10-3)31-16-12-15-30(35(31)38)28-13-11-14-29(25(28)5)33-17-39-34(37(41-33)45-7)23-43-21-27(9-2)22-43/h10-17,26-27H,4,8-9,18-23H2,1-3,5-7H3/b32-10-,40-36+. The molecule has 0 bridgehead atoms. The topological polar surface area (TPSA) is 44.6 Å². The number of benzene rings is 2. The Morgan fingerprint density at radius 3 is 2.29 bits per heavy atom. The van der Waals surface area contributed by atoms with Crippen molar-refractivity contribution in [2.75, 3.05) is 45.2 Å². The highest BCUT2D eigenvalue weighted by Crippen LogP contribution is 2.39. The quantitative estimate of drug-likeness (QED) is 0.110. The third-order valence-corrected chi connectivity index (χ3v) is 11.1. The van der Waals surface area contributed by atoms with Gasteiger partial charge in [-0.15, -0.1) is 23.5 Å². The van der Waals surface area contributed by atoms with Gasteiger partial charge >= 0.3 is 0 Å². The monoisotopic (exact) mass is 659 g/mol. The molecule has 238 valence electrons. The first kappa shape index (κ1) is 33.9. The number of aromatic nitrogens is 2. The second kappa shape index (κ2) is 15.4. The number of allylic oxidation sites excluding steroid dienone is 1. The van der Waals surface area contributed by atoms with Gasteiger partial charge < -0.3 is 0 Å². The molecule has 2 aromatic carbocycles. The molecule has 45 heavy (non-hydrogen) atoms. The third-order valence-electron chi connectivity index (χ3n) is 9.18. The second-order valence-electron chi connectivity index (χ2n) is 12.2. The second-order valence-corrected chi connectivity index (χ2v) is 14.2. The van der Waals surface area contributed by atoms with Crippen molar-refractivity contribution in [2.24, 2.45) is 16.8 Å². The van der Waals surface area contributed by atoms with Crippen LogP contribution in [0.1, 0.15) is 50.4 Å². The summed E-state index contributed by atoms with van der Waals surface area (Å²) in [5.41, 5.74) is 9.04. The Balaban J connectivity index is 1.40. The van der Waals surface area contributed by atoms with Crippen LogP contribution in [0.4, 0.5) is 0 Å². The number of nitrogens with zero attached hydrogens (tertiary/aromatic N) is 5. The molecule has 0 saturated carbocycles. The average molecular weight is 660 g/mol. The first-order chi connectivity index (χ1) is 21.8. The van der Waals surface area contributed by atoms with Gasteiger partial charge in [0.05, 0.1) is 28.3 Å². The molecule has 5 rings (SSSR count). The molecule has 2 aliphatic rings. The lowest BCUT2D eigenvalue weighted by molar-refractivity contribution is 0.0873. The zero-order chi connectivity index (χ0) is 32.1. The molecule has 0 unspecified atom stereocenters. The maximum Gasteiger partial charge on any atom is 0.119 e. The Labute approximate surface area is 283 Å². The summed E-state index contributed by atoms with van der Waals surface area (Å²) in [6.07, 6.45) is 10.6. The van der Waals surface area contributed by atoms with E-state index in [1.54, 1.807) is 23.5 Å². The van der Waals surface area contributed by atoms with E-state index in [1.165, 1.54) is 12.8 Å². The zero-order valence-electron chi connectivity index (χ0n) is 27.6. The maximum absolute atomic E-state index is 7.21. The van der Waals surface area contributed by atoms with Crippen molar-refractivity contribution in [1.29, 1.82) is 0 Å². The number of rotatable bonds is 12. The van der Waals surface area contributed by atoms with Gasteiger partial charge in [-0.05, 0) is 54.9 Å². The summed E-state index contributed by atoms with van der Waals surface area (Å²) in [5.74, 6) is 1.63. The third kappa shape index (κ3) is 7.60. The minimum absolute atomic E-state index is 0.695. The van der Waals surface area contributed by atoms with Gasteiger partial charge in [-0.25, -0.2) is 9.98 Å². The number of likely N-dealkylation sites (tertiary alicyclic amines) is 2. The fraction of sp³-hybridized carbons (Fsp3) is 0.432. The minimum Gasteiger partial charge on any atom is -0.298 e. The van der Waals surface area contributed by atoms with E-state index in [-0.39, 0.29) is 0 Å². The normalized spacial score (nSPS) is 17.0. The molecule has 1 aromatic heterocycles. The van der Waals surface area contributed by atoms with Crippen molar-refractivity contribution in [3.8, 4) is 22.4 Å². The van der Waals surface area contributed by atoms with Gasteiger partial charge in [0.1, 0.15) is 10.1 Å². The molecule has 2 fully saturated rings. The predicted molar refractivity (Wildman–Crippen MR) is 197 cm³/mol. The van der Waals surface area contributed by atoms with E-state index < -0.39 is 0 Å². The number of aliphatic imine (C=N–C) groups is 1. The van der Waals surface area contributed by atoms with Crippen LogP contribution in [0.3, 0.4) is 0 Å². The van der Waals surface area contributed by atoms with E-state index in [9.17, 15) is 0 Å². The Hall–Kier alpha value is -2.42. The average Bonchev–Trinajstić information content (AvgIpc) is 3.01. The summed E-state index contributed by atoms with van der Waals surface area (Å²) >= 11 is 10.5. The molecule has 8 heteroatoms. The van der Waals surface area contributed by atoms with E-state index in [2.05, 4.69) is 86.1 Å². The smallest absolute Gasteiger partial charge is 0.119 e. The molecule has 0 radical (unpaired) electrons. The predicted octanol–water partition coefficient (Wildman–Crippen LogP) is 9.36. The Kier molecular flexibility index (Phi) is 11.6. The summed E-state index contributed by atoms with van der Waals surface area (Å²) in [6.45, 7) is 19.4. The van der Waals surface area contributed by atoms with Gasteiger partial charge in [0, 0.05) is 56.0 Å². The first-order valence-corrected chi connectivity index (χ1v) is 18.8. The van der Waals surface area contributed by atoms with Crippen molar-refractivity contribution >= 4 is 45.9 Å². The summed E-state index contributed by atoms with van der Waals surface area (Å²) in [6, 6.07) is 12.6. The van der Waals surface area contributed by atoms with Crippen LogP contribution in [0.2, 0.25) is 5.02 Å². The van der Waals surface area contributed by atoms with Gasteiger partial charge in [0.15, 0.2) is 0 Å². The van der Waals surface area contributed by atoms with E-state index >= 15 is 0 Å². The van der Waals surface area contributed by atoms with Gasteiger partial charge in [0.2, 0.25) is 0 Å². The number of hydrogen-bond donors (Lipinski definition) is 0. The maximum atomic E-state index is 7.21. The SMILES string of the molecule is C=C(CN1CC(CC)C1)/C(=N\C(=C/C)c1cccc(-c2cccc(-c3cnc(CN4CC(CC)C4)c(SC)n3)c2C)c1Cl)SC. The van der Waals surface area contributed by atoms with Gasteiger partial charge in [0.25, 0.3) is 0 Å². The van der Waals surface area contributed by atoms with Crippen molar-refractivity contribution in [3.05, 3.63) is 82.7 Å². The van der Waals surface area contributed by atoms with Crippen molar-refractivity contribution < 1.29 is 0 Å². The van der Waals surface area contributed by atoms with Crippen molar-refractivity contribution in [3.63, 3.8) is 0 Å². The highest BCUT2D eigenvalue weighted by Gasteiger charge is 2.27. The molecule has 2 saturated heterocycles. The molecule has 3 heterocycles. The molecule has 0 N–H and O–H groups in total. The number of thioether (sulfide) groups is 2. The molecule has 2 aliphatic heterocycles. The van der Waals surface area contributed by atoms with Crippen LogP contribution >= 0.6 is 35.1 Å². The first-order valence-electron chi connectivity index (χ1n) is 16.0. The molecule has 0 atom stereocenters. The fourth-order valence-corrected chi connectivity index (χ4v) is 7.69. The van der Waals surface area contributed by atoms with Crippen LogP contribution in [0.25, 0.3) is 28.1 Å². The molecule has 0 aliphatic carbocycles. The highest BCUT2D eigenvalue weighted by atomic mass is 35.5. The Morgan fingerprint density at radius 2 is 1.64 bits per heavy atom. The number of halogens is 1. The number of hydrogen-bond acceptors (Lipinski definition) is 7. The summed E-state index contributed by atoms with van der Waals surface area (Å²) in [4.78, 5) is 20.0. The minimum atomic E-state index is 0.695. The van der Waals surface area contributed by atoms with Crippen LogP contribution in [-0.4, -0.2) is 70.0 Å². The van der Waals surface area contributed by atoms with E-state index in [0.29, 0.717) is 5.02 Å². The Morgan fingerprint density at radius 1 is 1.00 bits per heavy atom. The van der Waals surface area contributed by atoms with Gasteiger partial charge in [-0.3, -0.25) is 14.8 Å². The van der Waals surface area contributed by atoms with E-state index in [0.717, 1.165) is 112 Å². The molecular formula is C37H46ClN5S2. The van der Waals surface area contributed by atoms with Crippen LogP contribution in [0, 0.1) is 18.8 Å². The summed E-state index contributed by atoms with van der Waals surface area (Å²) < 4.78 is 0. The van der Waals surface area contributed by atoms with Crippen LogP contribution in [-0.2, 0) is 6.54 Å². The largest absolute Gasteiger partial charge is 0.298 e. The van der Waals surface area contributed by atoms with E-state index in [4.69, 9.17) is 26.6 Å². The van der Waals surface area contributed by atoms with Crippen molar-refractivity contribution in [1.82, 2.24) is 19.8 Å². The lowest BCUT2D eigenvalue weighted by atomic mass is 9.93. The lowest BCUT2D eigenvalue weighted by Gasteiger charge is -2.39. The molecule has 3 aromatic rings. The summed E-state index contributed by atoms with van der Waals surface area (Å²) in [5, 5.41) is 2.65. The van der Waals surface area contributed by atoms with E-state index in [1.807, 2.05) is 19.2 Å². The summed E-state index contributed by atoms with van der Waals surface area (Å²) in [7, 11) is 0. The van der Waals surface area contributed by atoms with Crippen LogP contribution in [0.15, 0.2) is 70.8 Å². The van der Waals surface area contributed by atoms with Crippen molar-refractivity contribution in [2.45, 2.75) is 52.1 Å². The Bertz CT molecular complexity index is 1590.